The summed E-state index contributed by atoms with van der Waals surface area (Å²) in [5.74, 6) is -2.90. The van der Waals surface area contributed by atoms with Crippen molar-refractivity contribution < 1.29 is 27.9 Å². The van der Waals surface area contributed by atoms with E-state index >= 15 is 0 Å². The third-order valence-corrected chi connectivity index (χ3v) is 3.44. The van der Waals surface area contributed by atoms with E-state index in [-0.39, 0.29) is 0 Å². The minimum absolute atomic E-state index is 0.369. The Labute approximate surface area is 126 Å². The molecule has 0 spiro atoms. The molecule has 3 N–H and O–H groups in total. The van der Waals surface area contributed by atoms with Crippen LogP contribution in [0.15, 0.2) is 28.7 Å². The Kier molecular flexibility index (Phi) is 5.35. The maximum absolute atomic E-state index is 12.7. The fourth-order valence-electron chi connectivity index (χ4n) is 1.31. The zero-order valence-electron chi connectivity index (χ0n) is 10.8. The van der Waals surface area contributed by atoms with Crippen LogP contribution in [0.4, 0.5) is 18.9 Å². The number of carboxylic acid groups (broad SMARTS) is 1. The van der Waals surface area contributed by atoms with Gasteiger partial charge in [0.2, 0.25) is 11.4 Å². The standard InChI is InChI=1S/C12H12BrF3N2O3/c1-11(10(20)21,12(14,15)16)17-6-9(19)18-8-5-3-2-4-7(8)13/h2-5,17H,6H2,1H3,(H,18,19)(H,20,21). The maximum atomic E-state index is 12.7. The summed E-state index contributed by atoms with van der Waals surface area (Å²) in [5, 5.41) is 12.8. The lowest BCUT2D eigenvalue weighted by Gasteiger charge is -2.28. The third-order valence-electron chi connectivity index (χ3n) is 2.75. The van der Waals surface area contributed by atoms with Gasteiger partial charge in [0.05, 0.1) is 12.2 Å². The number of carbonyl (C=O) groups is 2. The van der Waals surface area contributed by atoms with Gasteiger partial charge in [0.15, 0.2) is 0 Å². The van der Waals surface area contributed by atoms with E-state index < -0.39 is 30.1 Å². The summed E-state index contributed by atoms with van der Waals surface area (Å²) < 4.78 is 38.7. The molecule has 9 heteroatoms. The van der Waals surface area contributed by atoms with Crippen LogP contribution in [0, 0.1) is 0 Å². The van der Waals surface area contributed by atoms with Gasteiger partial charge in [-0.2, -0.15) is 13.2 Å². The molecule has 1 aromatic rings. The molecule has 0 aliphatic heterocycles. The maximum Gasteiger partial charge on any atom is 0.417 e. The van der Waals surface area contributed by atoms with Crippen LogP contribution in [0.2, 0.25) is 0 Å². The molecule has 1 aromatic carbocycles. The van der Waals surface area contributed by atoms with E-state index in [0.29, 0.717) is 17.1 Å². The summed E-state index contributed by atoms with van der Waals surface area (Å²) >= 11 is 3.16. The molecular formula is C12H12BrF3N2O3. The predicted molar refractivity (Wildman–Crippen MR) is 72.9 cm³/mol. The van der Waals surface area contributed by atoms with Gasteiger partial charge in [0.1, 0.15) is 0 Å². The first-order valence-electron chi connectivity index (χ1n) is 5.67. The fourth-order valence-corrected chi connectivity index (χ4v) is 1.70. The summed E-state index contributed by atoms with van der Waals surface area (Å²) in [5.41, 5.74) is -2.83. The minimum atomic E-state index is -5.04. The second-order valence-corrected chi connectivity index (χ2v) is 5.16. The van der Waals surface area contributed by atoms with Crippen LogP contribution in [0.3, 0.4) is 0 Å². The summed E-state index contributed by atoms with van der Waals surface area (Å²) in [6.07, 6.45) is -5.04. The Morgan fingerprint density at radius 2 is 1.86 bits per heavy atom. The Morgan fingerprint density at radius 1 is 1.29 bits per heavy atom. The first kappa shape index (κ1) is 17.4. The van der Waals surface area contributed by atoms with Crippen molar-refractivity contribution >= 4 is 33.5 Å². The van der Waals surface area contributed by atoms with Crippen LogP contribution in [0.25, 0.3) is 0 Å². The van der Waals surface area contributed by atoms with Crippen LogP contribution < -0.4 is 10.6 Å². The molecule has 21 heavy (non-hydrogen) atoms. The zero-order chi connectivity index (χ0) is 16.3. The van der Waals surface area contributed by atoms with Crippen LogP contribution in [-0.4, -0.2) is 35.2 Å². The lowest BCUT2D eigenvalue weighted by atomic mass is 10.0. The molecule has 116 valence electrons. The first-order chi connectivity index (χ1) is 9.58. The number of alkyl halides is 3. The second-order valence-electron chi connectivity index (χ2n) is 4.31. The molecule has 0 aliphatic carbocycles. The third kappa shape index (κ3) is 4.18. The molecular weight excluding hydrogens is 357 g/mol. The van der Waals surface area contributed by atoms with Gasteiger partial charge in [0, 0.05) is 4.47 Å². The van der Waals surface area contributed by atoms with E-state index in [1.165, 1.54) is 0 Å². The van der Waals surface area contributed by atoms with Crippen molar-refractivity contribution in [1.82, 2.24) is 5.32 Å². The summed E-state index contributed by atoms with van der Waals surface area (Å²) in [4.78, 5) is 22.4. The molecule has 0 saturated heterocycles. The molecule has 0 bridgehead atoms. The van der Waals surface area contributed by atoms with E-state index in [2.05, 4.69) is 21.2 Å². The van der Waals surface area contributed by atoms with Gasteiger partial charge in [-0.3, -0.25) is 10.1 Å². The van der Waals surface area contributed by atoms with Crippen molar-refractivity contribution in [2.45, 2.75) is 18.6 Å². The molecule has 1 unspecified atom stereocenters. The highest BCUT2D eigenvalue weighted by Crippen LogP contribution is 2.30. The summed E-state index contributed by atoms with van der Waals surface area (Å²) in [6, 6.07) is 6.51. The SMILES string of the molecule is CC(NCC(=O)Nc1ccccc1Br)(C(=O)O)C(F)(F)F. The number of halogens is 4. The number of hydrogen-bond donors (Lipinski definition) is 3. The van der Waals surface area contributed by atoms with Crippen molar-refractivity contribution in [3.63, 3.8) is 0 Å². The number of nitrogens with one attached hydrogen (secondary N) is 2. The van der Waals surface area contributed by atoms with Crippen LogP contribution in [0.5, 0.6) is 0 Å². The molecule has 0 radical (unpaired) electrons. The lowest BCUT2D eigenvalue weighted by Crippen LogP contribution is -2.61. The van der Waals surface area contributed by atoms with Gasteiger partial charge in [-0.25, -0.2) is 4.79 Å². The van der Waals surface area contributed by atoms with Gasteiger partial charge >= 0.3 is 12.1 Å². The van der Waals surface area contributed by atoms with E-state index in [1.54, 1.807) is 29.6 Å². The van der Waals surface area contributed by atoms with Gasteiger partial charge in [0.25, 0.3) is 0 Å². The molecule has 0 saturated carbocycles. The fraction of sp³-hybridized carbons (Fsp3) is 0.333. The van der Waals surface area contributed by atoms with Gasteiger partial charge in [-0.15, -0.1) is 0 Å². The Balaban J connectivity index is 2.72. The quantitative estimate of drug-likeness (QED) is 0.745. The monoisotopic (exact) mass is 368 g/mol. The highest BCUT2D eigenvalue weighted by atomic mass is 79.9. The van der Waals surface area contributed by atoms with Crippen molar-refractivity contribution in [2.24, 2.45) is 0 Å². The molecule has 0 heterocycles. The smallest absolute Gasteiger partial charge is 0.417 e. The van der Waals surface area contributed by atoms with Crippen molar-refractivity contribution in [2.75, 3.05) is 11.9 Å². The van der Waals surface area contributed by atoms with E-state index in [9.17, 15) is 22.8 Å². The van der Waals surface area contributed by atoms with E-state index in [4.69, 9.17) is 5.11 Å². The molecule has 0 aromatic heterocycles. The van der Waals surface area contributed by atoms with Gasteiger partial charge in [-0.1, -0.05) is 12.1 Å². The number of anilines is 1. The Hall–Kier alpha value is -1.61. The second kappa shape index (κ2) is 6.44. The lowest BCUT2D eigenvalue weighted by molar-refractivity contribution is -0.205. The largest absolute Gasteiger partial charge is 0.480 e. The molecule has 1 atom stereocenters. The first-order valence-corrected chi connectivity index (χ1v) is 6.47. The van der Waals surface area contributed by atoms with Crippen molar-refractivity contribution in [1.29, 1.82) is 0 Å². The molecule has 0 aliphatic rings. The van der Waals surface area contributed by atoms with Crippen LogP contribution in [-0.2, 0) is 9.59 Å². The highest BCUT2D eigenvalue weighted by Gasteiger charge is 2.57. The van der Waals surface area contributed by atoms with Crippen LogP contribution >= 0.6 is 15.9 Å². The minimum Gasteiger partial charge on any atom is -0.480 e. The zero-order valence-corrected chi connectivity index (χ0v) is 12.4. The molecule has 1 amide bonds. The molecule has 0 fully saturated rings. The normalized spacial score (nSPS) is 14.3. The molecule has 1 rings (SSSR count). The number of amides is 1. The van der Waals surface area contributed by atoms with Crippen LogP contribution in [0.1, 0.15) is 6.92 Å². The Bertz CT molecular complexity index is 551. The number of rotatable bonds is 5. The summed E-state index contributed by atoms with van der Waals surface area (Å²) in [6.45, 7) is -0.343. The number of aliphatic carboxylic acids is 1. The number of carbonyl (C=O) groups excluding carboxylic acids is 1. The van der Waals surface area contributed by atoms with Gasteiger partial charge < -0.3 is 10.4 Å². The number of benzene rings is 1. The van der Waals surface area contributed by atoms with Crippen molar-refractivity contribution in [3.8, 4) is 0 Å². The van der Waals surface area contributed by atoms with E-state index in [0.717, 1.165) is 0 Å². The number of hydrogen-bond acceptors (Lipinski definition) is 3. The number of carboxylic acids is 1. The average Bonchev–Trinajstić information content (AvgIpc) is 2.37. The van der Waals surface area contributed by atoms with Gasteiger partial charge in [-0.05, 0) is 35.0 Å². The van der Waals surface area contributed by atoms with E-state index in [1.807, 2.05) is 0 Å². The topological polar surface area (TPSA) is 78.4 Å². The van der Waals surface area contributed by atoms with Crippen molar-refractivity contribution in [3.05, 3.63) is 28.7 Å². The molecule has 5 nitrogen and oxygen atoms in total. The predicted octanol–water partition coefficient (Wildman–Crippen LogP) is 2.38. The Morgan fingerprint density at radius 3 is 2.33 bits per heavy atom. The summed E-state index contributed by atoms with van der Waals surface area (Å²) in [7, 11) is 0. The highest BCUT2D eigenvalue weighted by molar-refractivity contribution is 9.10. The average molecular weight is 369 g/mol. The number of para-hydroxylation sites is 1.